The lowest BCUT2D eigenvalue weighted by atomic mass is 10.2. The Balaban J connectivity index is 1.85. The van der Waals surface area contributed by atoms with Crippen LogP contribution in [-0.2, 0) is 6.42 Å². The van der Waals surface area contributed by atoms with Gasteiger partial charge >= 0.3 is 0 Å². The molecule has 0 bridgehead atoms. The van der Waals surface area contributed by atoms with Crippen molar-refractivity contribution in [1.29, 1.82) is 0 Å². The van der Waals surface area contributed by atoms with Crippen molar-refractivity contribution in [2.75, 3.05) is 17.6 Å². The highest BCUT2D eigenvalue weighted by Gasteiger charge is 2.15. The zero-order valence-electron chi connectivity index (χ0n) is 9.64. The highest BCUT2D eigenvalue weighted by molar-refractivity contribution is 7.11. The van der Waals surface area contributed by atoms with E-state index < -0.39 is 5.91 Å². The van der Waals surface area contributed by atoms with Crippen molar-refractivity contribution in [2.24, 2.45) is 5.73 Å². The number of H-pyrrole nitrogens is 1. The Kier molecular flexibility index (Phi) is 3.78. The van der Waals surface area contributed by atoms with E-state index in [0.29, 0.717) is 11.5 Å². The molecule has 18 heavy (non-hydrogen) atoms. The fourth-order valence-corrected chi connectivity index (χ4v) is 2.30. The first-order valence-electron chi connectivity index (χ1n) is 5.45. The van der Waals surface area contributed by atoms with Crippen LogP contribution in [0.25, 0.3) is 0 Å². The lowest BCUT2D eigenvalue weighted by molar-refractivity contribution is 0.100. The summed E-state index contributed by atoms with van der Waals surface area (Å²) in [5.41, 5.74) is 11.1. The largest absolute Gasteiger partial charge is 0.382 e. The molecule has 0 aliphatic rings. The molecule has 0 radical (unpaired) electrons. The van der Waals surface area contributed by atoms with E-state index in [4.69, 9.17) is 11.5 Å². The van der Waals surface area contributed by atoms with Crippen LogP contribution in [0.4, 0.5) is 10.8 Å². The van der Waals surface area contributed by atoms with Crippen LogP contribution in [0.5, 0.6) is 0 Å². The van der Waals surface area contributed by atoms with Gasteiger partial charge in [0, 0.05) is 25.4 Å². The SMILES string of the molecule is NC(=O)c1c(N)nsc1NCCCc1ncc[nH]1. The van der Waals surface area contributed by atoms with E-state index >= 15 is 0 Å². The van der Waals surface area contributed by atoms with Crippen molar-refractivity contribution in [3.05, 3.63) is 23.8 Å². The highest BCUT2D eigenvalue weighted by Crippen LogP contribution is 2.25. The molecule has 0 saturated carbocycles. The van der Waals surface area contributed by atoms with Gasteiger partial charge in [-0.05, 0) is 18.0 Å². The molecular weight excluding hydrogens is 252 g/mol. The van der Waals surface area contributed by atoms with Gasteiger partial charge in [0.1, 0.15) is 16.4 Å². The summed E-state index contributed by atoms with van der Waals surface area (Å²) in [5, 5.41) is 3.74. The number of nitrogens with zero attached hydrogens (tertiary/aromatic N) is 2. The number of aromatic amines is 1. The molecule has 0 fully saturated rings. The number of nitrogens with one attached hydrogen (secondary N) is 2. The molecule has 6 N–H and O–H groups in total. The molecule has 2 aromatic heterocycles. The molecule has 0 atom stereocenters. The number of carbonyl (C=O) groups excluding carboxylic acids is 1. The third kappa shape index (κ3) is 2.77. The fourth-order valence-electron chi connectivity index (χ4n) is 1.55. The van der Waals surface area contributed by atoms with Gasteiger partial charge < -0.3 is 21.8 Å². The third-order valence-corrected chi connectivity index (χ3v) is 3.21. The zero-order chi connectivity index (χ0) is 13.0. The predicted molar refractivity (Wildman–Crippen MR) is 70.4 cm³/mol. The lowest BCUT2D eigenvalue weighted by Crippen LogP contribution is -2.15. The van der Waals surface area contributed by atoms with Crippen LogP contribution in [-0.4, -0.2) is 26.8 Å². The van der Waals surface area contributed by atoms with Gasteiger partial charge in [0.05, 0.1) is 0 Å². The Morgan fingerprint density at radius 1 is 1.56 bits per heavy atom. The molecule has 0 aliphatic heterocycles. The van der Waals surface area contributed by atoms with Gasteiger partial charge in [-0.15, -0.1) is 0 Å². The van der Waals surface area contributed by atoms with Crippen molar-refractivity contribution < 1.29 is 4.79 Å². The summed E-state index contributed by atoms with van der Waals surface area (Å²) in [6.07, 6.45) is 5.22. The van der Waals surface area contributed by atoms with Gasteiger partial charge in [0.2, 0.25) is 0 Å². The minimum atomic E-state index is -0.560. The average Bonchev–Trinajstić information content (AvgIpc) is 2.94. The van der Waals surface area contributed by atoms with Gasteiger partial charge in [-0.2, -0.15) is 4.37 Å². The molecule has 0 spiro atoms. The molecule has 7 nitrogen and oxygen atoms in total. The standard InChI is InChI=1S/C10H14N6OS/c11-8-7(9(12)17)10(18-16-8)15-3-1-2-6-13-4-5-14-6/h4-5,15H,1-3H2,(H2,11,16)(H2,12,17)(H,13,14). The van der Waals surface area contributed by atoms with Crippen LogP contribution < -0.4 is 16.8 Å². The Labute approximate surface area is 108 Å². The second-order valence-electron chi connectivity index (χ2n) is 3.70. The number of anilines is 2. The number of amides is 1. The molecular formula is C10H14N6OS. The molecule has 2 rings (SSSR count). The van der Waals surface area contributed by atoms with Gasteiger partial charge in [-0.25, -0.2) is 4.98 Å². The van der Waals surface area contributed by atoms with Crippen molar-refractivity contribution in [1.82, 2.24) is 14.3 Å². The van der Waals surface area contributed by atoms with E-state index in [-0.39, 0.29) is 11.4 Å². The third-order valence-electron chi connectivity index (χ3n) is 2.40. The first-order chi connectivity index (χ1) is 8.68. The smallest absolute Gasteiger partial charge is 0.255 e. The molecule has 2 aromatic rings. The number of rotatable bonds is 6. The van der Waals surface area contributed by atoms with Gasteiger partial charge in [-0.3, -0.25) is 4.79 Å². The van der Waals surface area contributed by atoms with E-state index in [1.54, 1.807) is 12.4 Å². The summed E-state index contributed by atoms with van der Waals surface area (Å²) in [6.45, 7) is 0.697. The second-order valence-corrected chi connectivity index (χ2v) is 4.48. The molecule has 8 heteroatoms. The Morgan fingerprint density at radius 2 is 2.39 bits per heavy atom. The second kappa shape index (κ2) is 5.50. The lowest BCUT2D eigenvalue weighted by Gasteiger charge is -2.04. The van der Waals surface area contributed by atoms with E-state index in [2.05, 4.69) is 19.7 Å². The first kappa shape index (κ1) is 12.4. The molecule has 2 heterocycles. The molecule has 0 saturated heterocycles. The summed E-state index contributed by atoms with van der Waals surface area (Å²) in [6, 6.07) is 0. The highest BCUT2D eigenvalue weighted by atomic mass is 32.1. The van der Waals surface area contributed by atoms with Gasteiger partial charge in [-0.1, -0.05) is 0 Å². The van der Waals surface area contributed by atoms with Gasteiger partial charge in [0.25, 0.3) is 5.91 Å². The minimum Gasteiger partial charge on any atom is -0.382 e. The molecule has 0 unspecified atom stereocenters. The Morgan fingerprint density at radius 3 is 3.06 bits per heavy atom. The molecule has 0 aliphatic carbocycles. The summed E-state index contributed by atoms with van der Waals surface area (Å²) in [7, 11) is 0. The number of imidazole rings is 1. The van der Waals surface area contributed by atoms with E-state index in [1.807, 2.05) is 0 Å². The summed E-state index contributed by atoms with van der Waals surface area (Å²) in [5.74, 6) is 0.562. The van der Waals surface area contributed by atoms with E-state index in [1.165, 1.54) is 0 Å². The summed E-state index contributed by atoms with van der Waals surface area (Å²) < 4.78 is 3.90. The number of aromatic nitrogens is 3. The topological polar surface area (TPSA) is 123 Å². The quantitative estimate of drug-likeness (QED) is 0.570. The Bertz CT molecular complexity index is 520. The predicted octanol–water partition coefficient (Wildman–Crippen LogP) is 0.592. The van der Waals surface area contributed by atoms with Crippen LogP contribution in [0.15, 0.2) is 12.4 Å². The van der Waals surface area contributed by atoms with Crippen LogP contribution in [0.2, 0.25) is 0 Å². The average molecular weight is 266 g/mol. The van der Waals surface area contributed by atoms with Crippen LogP contribution in [0.3, 0.4) is 0 Å². The monoisotopic (exact) mass is 266 g/mol. The molecule has 96 valence electrons. The number of hydrogen-bond donors (Lipinski definition) is 4. The normalized spacial score (nSPS) is 10.4. The maximum Gasteiger partial charge on any atom is 0.255 e. The summed E-state index contributed by atoms with van der Waals surface area (Å²) in [4.78, 5) is 18.3. The zero-order valence-corrected chi connectivity index (χ0v) is 10.5. The fraction of sp³-hybridized carbons (Fsp3) is 0.300. The first-order valence-corrected chi connectivity index (χ1v) is 6.23. The number of primary amides is 1. The maximum absolute atomic E-state index is 11.2. The van der Waals surface area contributed by atoms with E-state index in [0.717, 1.165) is 30.2 Å². The molecule has 1 amide bonds. The number of nitrogen functional groups attached to an aromatic ring is 1. The number of hydrogen-bond acceptors (Lipinski definition) is 6. The number of nitrogens with two attached hydrogens (primary N) is 2. The van der Waals surface area contributed by atoms with Crippen molar-refractivity contribution in [3.8, 4) is 0 Å². The number of aryl methyl sites for hydroxylation is 1. The van der Waals surface area contributed by atoms with Crippen molar-refractivity contribution >= 4 is 28.3 Å². The van der Waals surface area contributed by atoms with Crippen LogP contribution >= 0.6 is 11.5 Å². The minimum absolute atomic E-state index is 0.182. The maximum atomic E-state index is 11.2. The summed E-state index contributed by atoms with van der Waals surface area (Å²) >= 11 is 1.14. The van der Waals surface area contributed by atoms with E-state index in [9.17, 15) is 4.79 Å². The molecule has 0 aromatic carbocycles. The van der Waals surface area contributed by atoms with Gasteiger partial charge in [0.15, 0.2) is 5.82 Å². The van der Waals surface area contributed by atoms with Crippen LogP contribution in [0.1, 0.15) is 22.6 Å². The van der Waals surface area contributed by atoms with Crippen molar-refractivity contribution in [3.63, 3.8) is 0 Å². The van der Waals surface area contributed by atoms with Crippen LogP contribution in [0, 0.1) is 0 Å². The van der Waals surface area contributed by atoms with Crippen molar-refractivity contribution in [2.45, 2.75) is 12.8 Å². The number of carbonyl (C=O) groups is 1. The Hall–Kier alpha value is -2.09.